The van der Waals surface area contributed by atoms with Gasteiger partial charge < -0.3 is 10.8 Å². The highest BCUT2D eigenvalue weighted by molar-refractivity contribution is 7.86. The topological polar surface area (TPSA) is 127 Å². The van der Waals surface area contributed by atoms with Gasteiger partial charge in [-0.05, 0) is 12.8 Å². The highest BCUT2D eigenvalue weighted by atomic mass is 32.2. The smallest absolute Gasteiger partial charge is 0.321 e. The van der Waals surface area contributed by atoms with Crippen molar-refractivity contribution in [2.24, 2.45) is 10.9 Å². The standard InChI is InChI=1S/C6H13N3O4S/c7-5(6(10)11)3-9(4-1-2-4)14(8,12)13/h4-5H,1-3,7H2,(H,10,11)(H2,8,12,13). The second-order valence-corrected chi connectivity index (χ2v) is 4.79. The lowest BCUT2D eigenvalue weighted by molar-refractivity contribution is -0.138. The van der Waals surface area contributed by atoms with Crippen LogP contribution in [0.5, 0.6) is 0 Å². The van der Waals surface area contributed by atoms with E-state index in [0.29, 0.717) is 12.8 Å². The number of hydrogen-bond donors (Lipinski definition) is 3. The SMILES string of the molecule is NC(CN(C1CC1)S(N)(=O)=O)C(=O)O. The molecule has 1 rings (SSSR count). The number of aliphatic carboxylic acids is 1. The molecule has 0 amide bonds. The van der Waals surface area contributed by atoms with E-state index in [1.54, 1.807) is 0 Å². The van der Waals surface area contributed by atoms with Crippen molar-refractivity contribution in [2.75, 3.05) is 6.54 Å². The third kappa shape index (κ3) is 2.91. The Kier molecular flexibility index (Phi) is 3.10. The molecule has 1 aliphatic rings. The molecule has 0 radical (unpaired) electrons. The van der Waals surface area contributed by atoms with Crippen LogP contribution in [-0.2, 0) is 15.0 Å². The summed E-state index contributed by atoms with van der Waals surface area (Å²) >= 11 is 0. The van der Waals surface area contributed by atoms with Gasteiger partial charge in [0.25, 0.3) is 10.2 Å². The molecule has 0 aromatic heterocycles. The highest BCUT2D eigenvalue weighted by Crippen LogP contribution is 2.28. The minimum atomic E-state index is -3.84. The zero-order valence-electron chi connectivity index (χ0n) is 7.46. The summed E-state index contributed by atoms with van der Waals surface area (Å²) in [6.45, 7) is -0.265. The van der Waals surface area contributed by atoms with Crippen LogP contribution < -0.4 is 10.9 Å². The quantitative estimate of drug-likeness (QED) is 0.500. The fourth-order valence-electron chi connectivity index (χ4n) is 1.10. The number of nitrogens with zero attached hydrogens (tertiary/aromatic N) is 1. The van der Waals surface area contributed by atoms with E-state index >= 15 is 0 Å². The molecule has 0 aliphatic heterocycles. The summed E-state index contributed by atoms with van der Waals surface area (Å²) in [6, 6.07) is -1.40. The molecule has 1 saturated carbocycles. The monoisotopic (exact) mass is 223 g/mol. The molecule has 14 heavy (non-hydrogen) atoms. The third-order valence-electron chi connectivity index (χ3n) is 1.97. The van der Waals surface area contributed by atoms with Gasteiger partial charge in [-0.15, -0.1) is 0 Å². The normalized spacial score (nSPS) is 19.6. The maximum atomic E-state index is 11.0. The van der Waals surface area contributed by atoms with Crippen LogP contribution in [0.3, 0.4) is 0 Å². The van der Waals surface area contributed by atoms with Gasteiger partial charge >= 0.3 is 5.97 Å². The first-order valence-corrected chi connectivity index (χ1v) is 5.60. The van der Waals surface area contributed by atoms with Gasteiger partial charge in [-0.2, -0.15) is 12.7 Å². The summed E-state index contributed by atoms with van der Waals surface area (Å²) < 4.78 is 23.0. The van der Waals surface area contributed by atoms with E-state index < -0.39 is 22.2 Å². The molecular weight excluding hydrogens is 210 g/mol. The average molecular weight is 223 g/mol. The summed E-state index contributed by atoms with van der Waals surface area (Å²) in [5, 5.41) is 13.4. The summed E-state index contributed by atoms with van der Waals surface area (Å²) in [6.07, 6.45) is 1.42. The minimum Gasteiger partial charge on any atom is -0.480 e. The van der Waals surface area contributed by atoms with E-state index in [1.807, 2.05) is 0 Å². The fraction of sp³-hybridized carbons (Fsp3) is 0.833. The molecule has 5 N–H and O–H groups in total. The molecule has 0 saturated heterocycles. The predicted molar refractivity (Wildman–Crippen MR) is 48.4 cm³/mol. The Labute approximate surface area is 81.8 Å². The Bertz CT molecular complexity index is 324. The molecule has 82 valence electrons. The first kappa shape index (κ1) is 11.4. The van der Waals surface area contributed by atoms with Gasteiger partial charge in [-0.3, -0.25) is 4.79 Å². The van der Waals surface area contributed by atoms with Crippen molar-refractivity contribution in [1.29, 1.82) is 0 Å². The molecule has 1 fully saturated rings. The number of carboxylic acid groups (broad SMARTS) is 1. The van der Waals surface area contributed by atoms with Crippen LogP contribution in [-0.4, -0.2) is 42.4 Å². The van der Waals surface area contributed by atoms with Crippen molar-refractivity contribution in [3.05, 3.63) is 0 Å². The number of hydrogen-bond acceptors (Lipinski definition) is 4. The molecule has 1 unspecified atom stereocenters. The van der Waals surface area contributed by atoms with Crippen molar-refractivity contribution in [3.8, 4) is 0 Å². The van der Waals surface area contributed by atoms with E-state index in [4.69, 9.17) is 16.0 Å². The average Bonchev–Trinajstić information content (AvgIpc) is 2.79. The van der Waals surface area contributed by atoms with Crippen LogP contribution >= 0.6 is 0 Å². The zero-order chi connectivity index (χ0) is 10.9. The van der Waals surface area contributed by atoms with Crippen molar-refractivity contribution in [1.82, 2.24) is 4.31 Å². The number of rotatable bonds is 5. The van der Waals surface area contributed by atoms with Crippen molar-refractivity contribution < 1.29 is 18.3 Å². The second-order valence-electron chi connectivity index (χ2n) is 3.29. The molecule has 0 bridgehead atoms. The minimum absolute atomic E-state index is 0.171. The van der Waals surface area contributed by atoms with Gasteiger partial charge in [-0.25, -0.2) is 5.14 Å². The summed E-state index contributed by atoms with van der Waals surface area (Å²) in [5.74, 6) is -1.24. The van der Waals surface area contributed by atoms with Crippen LogP contribution in [0, 0.1) is 0 Å². The molecule has 8 heteroatoms. The Balaban J connectivity index is 2.66. The Morgan fingerprint density at radius 3 is 2.36 bits per heavy atom. The lowest BCUT2D eigenvalue weighted by atomic mass is 10.3. The van der Waals surface area contributed by atoms with Crippen molar-refractivity contribution >= 4 is 16.2 Å². The van der Waals surface area contributed by atoms with E-state index in [2.05, 4.69) is 0 Å². The Hall–Kier alpha value is -0.700. The molecule has 1 atom stereocenters. The Morgan fingerprint density at radius 1 is 1.57 bits per heavy atom. The van der Waals surface area contributed by atoms with Gasteiger partial charge in [-0.1, -0.05) is 0 Å². The summed E-state index contributed by atoms with van der Waals surface area (Å²) in [7, 11) is -3.84. The predicted octanol–water partition coefficient (Wildman–Crippen LogP) is -1.93. The van der Waals surface area contributed by atoms with Gasteiger partial charge in [0.15, 0.2) is 0 Å². The van der Waals surface area contributed by atoms with Gasteiger partial charge in [0, 0.05) is 12.6 Å². The highest BCUT2D eigenvalue weighted by Gasteiger charge is 2.37. The van der Waals surface area contributed by atoms with Crippen LogP contribution in [0.15, 0.2) is 0 Å². The molecular formula is C6H13N3O4S. The van der Waals surface area contributed by atoms with E-state index in [0.717, 1.165) is 4.31 Å². The fourth-order valence-corrected chi connectivity index (χ4v) is 2.09. The van der Waals surface area contributed by atoms with Crippen LogP contribution in [0.1, 0.15) is 12.8 Å². The Morgan fingerprint density at radius 2 is 2.07 bits per heavy atom. The first-order chi connectivity index (χ1) is 6.32. The lowest BCUT2D eigenvalue weighted by Gasteiger charge is -2.20. The van der Waals surface area contributed by atoms with Crippen LogP contribution in [0.2, 0.25) is 0 Å². The molecule has 1 aliphatic carbocycles. The largest absolute Gasteiger partial charge is 0.480 e. The van der Waals surface area contributed by atoms with Crippen LogP contribution in [0.4, 0.5) is 0 Å². The van der Waals surface area contributed by atoms with Crippen molar-refractivity contribution in [2.45, 2.75) is 24.9 Å². The lowest BCUT2D eigenvalue weighted by Crippen LogP contribution is -2.48. The van der Waals surface area contributed by atoms with E-state index in [1.165, 1.54) is 0 Å². The van der Waals surface area contributed by atoms with Gasteiger partial charge in [0.1, 0.15) is 6.04 Å². The number of nitrogens with two attached hydrogens (primary N) is 2. The second kappa shape index (κ2) is 3.81. The molecule has 0 aromatic carbocycles. The summed E-state index contributed by atoms with van der Waals surface area (Å²) in [4.78, 5) is 10.4. The number of carboxylic acids is 1. The van der Waals surface area contributed by atoms with Crippen molar-refractivity contribution in [3.63, 3.8) is 0 Å². The third-order valence-corrected chi connectivity index (χ3v) is 3.08. The zero-order valence-corrected chi connectivity index (χ0v) is 8.27. The maximum absolute atomic E-state index is 11.0. The van der Waals surface area contributed by atoms with Gasteiger partial charge in [0.05, 0.1) is 0 Å². The van der Waals surface area contributed by atoms with Crippen LogP contribution in [0.25, 0.3) is 0 Å². The first-order valence-electron chi connectivity index (χ1n) is 4.10. The van der Waals surface area contributed by atoms with Gasteiger partial charge in [0.2, 0.25) is 0 Å². The molecule has 0 spiro atoms. The van der Waals surface area contributed by atoms with E-state index in [9.17, 15) is 13.2 Å². The molecule has 0 heterocycles. The molecule has 7 nitrogen and oxygen atoms in total. The number of carbonyl (C=O) groups is 1. The molecule has 0 aromatic rings. The summed E-state index contributed by atoms with van der Waals surface area (Å²) in [5.41, 5.74) is 5.22. The van der Waals surface area contributed by atoms with E-state index in [-0.39, 0.29) is 12.6 Å². The maximum Gasteiger partial charge on any atom is 0.321 e.